The van der Waals surface area contributed by atoms with Crippen molar-refractivity contribution in [3.05, 3.63) is 76.0 Å². The summed E-state index contributed by atoms with van der Waals surface area (Å²) in [7, 11) is 1.56. The standard InChI is InChI=1S/C21H22N4O3/c1-14-8-12-25(17-5-3-4-6-18(17)28-2)21(27)19(14)20(26)24-11-9-15(13-24)16-7-10-22-23-16/h3-8,10,12,15H,9,11,13H2,1-2H3,(H,22,23). The number of carbonyl (C=O) groups is 1. The molecule has 1 unspecified atom stereocenters. The summed E-state index contributed by atoms with van der Waals surface area (Å²) in [5.41, 5.74) is 2.18. The van der Waals surface area contributed by atoms with Crippen LogP contribution < -0.4 is 10.3 Å². The first-order valence-corrected chi connectivity index (χ1v) is 9.24. The predicted octanol–water partition coefficient (Wildman–Crippen LogP) is 2.51. The number of aryl methyl sites for hydroxylation is 1. The van der Waals surface area contributed by atoms with E-state index < -0.39 is 0 Å². The van der Waals surface area contributed by atoms with Gasteiger partial charge in [0.15, 0.2) is 0 Å². The van der Waals surface area contributed by atoms with Crippen LogP contribution >= 0.6 is 0 Å². The lowest BCUT2D eigenvalue weighted by atomic mass is 10.1. The van der Waals surface area contributed by atoms with E-state index in [1.165, 1.54) is 4.57 Å². The number of amides is 1. The molecule has 1 aromatic carbocycles. The minimum atomic E-state index is -0.334. The monoisotopic (exact) mass is 378 g/mol. The van der Waals surface area contributed by atoms with Crippen LogP contribution in [-0.4, -0.2) is 45.8 Å². The zero-order valence-corrected chi connectivity index (χ0v) is 15.9. The number of H-pyrrole nitrogens is 1. The molecule has 0 saturated carbocycles. The molecule has 1 aliphatic rings. The normalized spacial score (nSPS) is 16.4. The van der Waals surface area contributed by atoms with Gasteiger partial charge in [0, 0.05) is 37.1 Å². The summed E-state index contributed by atoms with van der Waals surface area (Å²) < 4.78 is 6.85. The molecule has 7 heteroatoms. The van der Waals surface area contributed by atoms with Crippen LogP contribution in [0.4, 0.5) is 0 Å². The van der Waals surface area contributed by atoms with Gasteiger partial charge in [0.1, 0.15) is 11.3 Å². The fraction of sp³-hybridized carbons (Fsp3) is 0.286. The second-order valence-electron chi connectivity index (χ2n) is 6.97. The van der Waals surface area contributed by atoms with Gasteiger partial charge in [-0.05, 0) is 43.2 Å². The van der Waals surface area contributed by atoms with Crippen LogP contribution in [-0.2, 0) is 0 Å². The number of pyridine rings is 1. The second-order valence-corrected chi connectivity index (χ2v) is 6.97. The van der Waals surface area contributed by atoms with Gasteiger partial charge in [-0.25, -0.2) is 0 Å². The largest absolute Gasteiger partial charge is 0.495 e. The Kier molecular flexibility index (Phi) is 4.73. The number of likely N-dealkylation sites (tertiary alicyclic amines) is 1. The molecule has 2 aromatic heterocycles. The zero-order chi connectivity index (χ0) is 19.7. The molecule has 7 nitrogen and oxygen atoms in total. The van der Waals surface area contributed by atoms with E-state index in [4.69, 9.17) is 4.74 Å². The highest BCUT2D eigenvalue weighted by atomic mass is 16.5. The van der Waals surface area contributed by atoms with E-state index in [-0.39, 0.29) is 22.9 Å². The maximum absolute atomic E-state index is 13.2. The Morgan fingerprint density at radius 2 is 2.07 bits per heavy atom. The number of nitrogens with zero attached hydrogens (tertiary/aromatic N) is 3. The first-order valence-electron chi connectivity index (χ1n) is 9.24. The molecule has 1 fully saturated rings. The van der Waals surface area contributed by atoms with Gasteiger partial charge in [-0.1, -0.05) is 12.1 Å². The highest BCUT2D eigenvalue weighted by Crippen LogP contribution is 2.27. The highest BCUT2D eigenvalue weighted by molar-refractivity contribution is 5.95. The molecule has 1 aliphatic heterocycles. The quantitative estimate of drug-likeness (QED) is 0.756. The van der Waals surface area contributed by atoms with Gasteiger partial charge in [-0.3, -0.25) is 19.3 Å². The van der Waals surface area contributed by atoms with Crippen molar-refractivity contribution < 1.29 is 9.53 Å². The molecule has 0 bridgehead atoms. The van der Waals surface area contributed by atoms with E-state index in [0.29, 0.717) is 30.1 Å². The van der Waals surface area contributed by atoms with Gasteiger partial charge in [0.05, 0.1) is 12.8 Å². The topological polar surface area (TPSA) is 80.2 Å². The lowest BCUT2D eigenvalue weighted by molar-refractivity contribution is 0.0787. The number of aromatic amines is 1. The number of benzene rings is 1. The molecule has 0 spiro atoms. The van der Waals surface area contributed by atoms with E-state index >= 15 is 0 Å². The van der Waals surface area contributed by atoms with Crippen LogP contribution in [0.5, 0.6) is 5.75 Å². The van der Waals surface area contributed by atoms with Crippen LogP contribution in [0.2, 0.25) is 0 Å². The minimum Gasteiger partial charge on any atom is -0.495 e. The molecular formula is C21H22N4O3. The molecule has 28 heavy (non-hydrogen) atoms. The first-order chi connectivity index (χ1) is 13.6. The third kappa shape index (κ3) is 3.09. The lowest BCUT2D eigenvalue weighted by Crippen LogP contribution is -2.36. The number of para-hydroxylation sites is 2. The SMILES string of the molecule is COc1ccccc1-n1ccc(C)c(C(=O)N2CCC(c3ccn[nH]3)C2)c1=O. The molecule has 0 aliphatic carbocycles. The summed E-state index contributed by atoms with van der Waals surface area (Å²) in [6.07, 6.45) is 4.25. The maximum Gasteiger partial charge on any atom is 0.268 e. The van der Waals surface area contributed by atoms with Gasteiger partial charge in [-0.2, -0.15) is 5.10 Å². The predicted molar refractivity (Wildman–Crippen MR) is 105 cm³/mol. The van der Waals surface area contributed by atoms with Crippen LogP contribution in [0.1, 0.15) is 34.0 Å². The average molecular weight is 378 g/mol. The van der Waals surface area contributed by atoms with E-state index in [9.17, 15) is 9.59 Å². The van der Waals surface area contributed by atoms with Crippen molar-refractivity contribution in [3.8, 4) is 11.4 Å². The van der Waals surface area contributed by atoms with E-state index in [0.717, 1.165) is 12.1 Å². The molecule has 1 N–H and O–H groups in total. The highest BCUT2D eigenvalue weighted by Gasteiger charge is 2.31. The zero-order valence-electron chi connectivity index (χ0n) is 15.9. The third-order valence-corrected chi connectivity index (χ3v) is 5.30. The number of ether oxygens (including phenoxy) is 1. The molecule has 3 heterocycles. The fourth-order valence-corrected chi connectivity index (χ4v) is 3.76. The minimum absolute atomic E-state index is 0.207. The number of hydrogen-bond acceptors (Lipinski definition) is 4. The fourth-order valence-electron chi connectivity index (χ4n) is 3.76. The number of hydrogen-bond donors (Lipinski definition) is 1. The molecule has 3 aromatic rings. The van der Waals surface area contributed by atoms with Crippen molar-refractivity contribution in [3.63, 3.8) is 0 Å². The Labute approximate surface area is 162 Å². The molecule has 1 saturated heterocycles. The van der Waals surface area contributed by atoms with Crippen LogP contribution in [0.25, 0.3) is 5.69 Å². The molecule has 1 amide bonds. The Bertz CT molecular complexity index is 1060. The molecule has 4 rings (SSSR count). The number of aromatic nitrogens is 3. The van der Waals surface area contributed by atoms with Gasteiger partial charge < -0.3 is 9.64 Å². The number of rotatable bonds is 4. The van der Waals surface area contributed by atoms with E-state index in [2.05, 4.69) is 10.2 Å². The van der Waals surface area contributed by atoms with Crippen LogP contribution in [0, 0.1) is 6.92 Å². The maximum atomic E-state index is 13.2. The summed E-state index contributed by atoms with van der Waals surface area (Å²) in [6, 6.07) is 11.0. The number of carbonyl (C=O) groups excluding carboxylic acids is 1. The summed E-state index contributed by atoms with van der Waals surface area (Å²) in [5.74, 6) is 0.563. The van der Waals surface area contributed by atoms with Crippen LogP contribution in [0.3, 0.4) is 0 Å². The molecule has 1 atom stereocenters. The molecule has 144 valence electrons. The average Bonchev–Trinajstić information content (AvgIpc) is 3.40. The first kappa shape index (κ1) is 18.0. The van der Waals surface area contributed by atoms with Crippen molar-refractivity contribution in [1.29, 1.82) is 0 Å². The summed E-state index contributed by atoms with van der Waals surface area (Å²) in [5, 5.41) is 6.97. The van der Waals surface area contributed by atoms with Gasteiger partial charge in [0.25, 0.3) is 11.5 Å². The molecule has 0 radical (unpaired) electrons. The third-order valence-electron chi connectivity index (χ3n) is 5.30. The Morgan fingerprint density at radius 3 is 2.82 bits per heavy atom. The second kappa shape index (κ2) is 7.34. The number of methoxy groups -OCH3 is 1. The molecular weight excluding hydrogens is 356 g/mol. The Balaban J connectivity index is 1.68. The summed E-state index contributed by atoms with van der Waals surface area (Å²) in [4.78, 5) is 28.2. The summed E-state index contributed by atoms with van der Waals surface area (Å²) >= 11 is 0. The van der Waals surface area contributed by atoms with E-state index in [1.54, 1.807) is 49.5 Å². The Morgan fingerprint density at radius 1 is 1.25 bits per heavy atom. The van der Waals surface area contributed by atoms with Crippen molar-refractivity contribution >= 4 is 5.91 Å². The van der Waals surface area contributed by atoms with Crippen molar-refractivity contribution in [1.82, 2.24) is 19.7 Å². The smallest absolute Gasteiger partial charge is 0.268 e. The van der Waals surface area contributed by atoms with Crippen molar-refractivity contribution in [2.45, 2.75) is 19.3 Å². The van der Waals surface area contributed by atoms with E-state index in [1.807, 2.05) is 18.2 Å². The van der Waals surface area contributed by atoms with Crippen molar-refractivity contribution in [2.24, 2.45) is 0 Å². The summed E-state index contributed by atoms with van der Waals surface area (Å²) in [6.45, 7) is 2.98. The van der Waals surface area contributed by atoms with Crippen LogP contribution in [0.15, 0.2) is 53.6 Å². The Hall–Kier alpha value is -3.35. The van der Waals surface area contributed by atoms with Crippen molar-refractivity contribution in [2.75, 3.05) is 20.2 Å². The van der Waals surface area contributed by atoms with Gasteiger partial charge in [0.2, 0.25) is 0 Å². The number of nitrogens with one attached hydrogen (secondary N) is 1. The van der Waals surface area contributed by atoms with Gasteiger partial charge >= 0.3 is 0 Å². The van der Waals surface area contributed by atoms with Gasteiger partial charge in [-0.15, -0.1) is 0 Å². The lowest BCUT2D eigenvalue weighted by Gasteiger charge is -2.19.